The van der Waals surface area contributed by atoms with Crippen LogP contribution in [0.15, 0.2) is 29.2 Å². The summed E-state index contributed by atoms with van der Waals surface area (Å²) in [6, 6.07) is 5.81. The predicted octanol–water partition coefficient (Wildman–Crippen LogP) is 1.08. The molecule has 1 aliphatic carbocycles. The van der Waals surface area contributed by atoms with Gasteiger partial charge in [0.05, 0.1) is 22.5 Å². The molecule has 8 nitrogen and oxygen atoms in total. The molecule has 3 rings (SSSR count). The fraction of sp³-hybridized carbons (Fsp3) is 0.556. The van der Waals surface area contributed by atoms with Crippen molar-refractivity contribution in [3.05, 3.63) is 29.8 Å². The van der Waals surface area contributed by atoms with E-state index in [1.54, 1.807) is 0 Å². The third-order valence-electron chi connectivity index (χ3n) is 5.01. The normalized spacial score (nSPS) is 25.0. The first-order valence-corrected chi connectivity index (χ1v) is 10.4. The summed E-state index contributed by atoms with van der Waals surface area (Å²) in [6.07, 6.45) is 0.649. The maximum absolute atomic E-state index is 12.9. The summed E-state index contributed by atoms with van der Waals surface area (Å²) in [5.74, 6) is -1.40. The second kappa shape index (κ2) is 7.21. The molecule has 2 unspecified atom stereocenters. The number of nitrogens with zero attached hydrogens (tertiary/aromatic N) is 1. The zero-order valence-corrected chi connectivity index (χ0v) is 16.2. The van der Waals surface area contributed by atoms with E-state index in [2.05, 4.69) is 5.32 Å². The highest BCUT2D eigenvalue weighted by Crippen LogP contribution is 2.45. The van der Waals surface area contributed by atoms with E-state index in [0.29, 0.717) is 12.8 Å². The van der Waals surface area contributed by atoms with Crippen molar-refractivity contribution in [2.75, 3.05) is 19.6 Å². The van der Waals surface area contributed by atoms with Crippen molar-refractivity contribution in [3.63, 3.8) is 0 Å². The average Bonchev–Trinajstić information content (AvgIpc) is 3.40. The second-order valence-corrected chi connectivity index (χ2v) is 9.31. The molecular weight excluding hydrogens is 372 g/mol. The number of sulfonamides is 1. The molecule has 1 saturated heterocycles. The highest BCUT2D eigenvalue weighted by molar-refractivity contribution is 7.89. The van der Waals surface area contributed by atoms with Crippen molar-refractivity contribution in [1.82, 2.24) is 9.62 Å². The summed E-state index contributed by atoms with van der Waals surface area (Å²) in [5, 5.41) is 11.8. The number of ether oxygens (including phenoxy) is 1. The second-order valence-electron chi connectivity index (χ2n) is 7.38. The van der Waals surface area contributed by atoms with Crippen LogP contribution < -0.4 is 5.32 Å². The monoisotopic (exact) mass is 396 g/mol. The lowest BCUT2D eigenvalue weighted by molar-refractivity contribution is -0.143. The van der Waals surface area contributed by atoms with Gasteiger partial charge >= 0.3 is 5.97 Å². The molecule has 2 N–H and O–H groups in total. The number of amides is 1. The van der Waals surface area contributed by atoms with E-state index in [1.165, 1.54) is 28.6 Å². The van der Waals surface area contributed by atoms with Crippen LogP contribution in [0.4, 0.5) is 0 Å². The van der Waals surface area contributed by atoms with Crippen LogP contribution in [0.2, 0.25) is 0 Å². The third kappa shape index (κ3) is 4.15. The number of rotatable bonds is 6. The van der Waals surface area contributed by atoms with E-state index in [-0.39, 0.29) is 42.3 Å². The molecule has 1 saturated carbocycles. The van der Waals surface area contributed by atoms with Crippen molar-refractivity contribution >= 4 is 21.9 Å². The van der Waals surface area contributed by atoms with Crippen LogP contribution in [0.25, 0.3) is 0 Å². The van der Waals surface area contributed by atoms with E-state index >= 15 is 0 Å². The van der Waals surface area contributed by atoms with Gasteiger partial charge in [0.15, 0.2) is 0 Å². The largest absolute Gasteiger partial charge is 0.481 e. The third-order valence-corrected chi connectivity index (χ3v) is 6.84. The number of carbonyl (C=O) groups excluding carboxylic acids is 1. The Morgan fingerprint density at radius 1 is 1.26 bits per heavy atom. The maximum atomic E-state index is 12.9. The molecule has 1 heterocycles. The van der Waals surface area contributed by atoms with Gasteiger partial charge in [0.1, 0.15) is 0 Å². The number of aliphatic carboxylic acids is 1. The fourth-order valence-corrected chi connectivity index (χ4v) is 4.88. The van der Waals surface area contributed by atoms with Crippen LogP contribution in [0.3, 0.4) is 0 Å². The first-order chi connectivity index (χ1) is 12.6. The van der Waals surface area contributed by atoms with E-state index < -0.39 is 27.3 Å². The smallest absolute Gasteiger partial charge is 0.311 e. The maximum Gasteiger partial charge on any atom is 0.311 e. The van der Waals surface area contributed by atoms with Crippen LogP contribution in [0.5, 0.6) is 0 Å². The summed E-state index contributed by atoms with van der Waals surface area (Å²) in [7, 11) is -3.75. The van der Waals surface area contributed by atoms with Gasteiger partial charge in [-0.25, -0.2) is 8.42 Å². The van der Waals surface area contributed by atoms with E-state index in [4.69, 9.17) is 4.74 Å². The number of carboxylic acid groups (broad SMARTS) is 1. The molecule has 9 heteroatoms. The summed E-state index contributed by atoms with van der Waals surface area (Å²) >= 11 is 0. The highest BCUT2D eigenvalue weighted by Gasteiger charge is 2.50. The molecule has 0 spiro atoms. The first kappa shape index (κ1) is 19.8. The average molecular weight is 396 g/mol. The van der Waals surface area contributed by atoms with Crippen molar-refractivity contribution in [2.45, 2.75) is 43.8 Å². The molecule has 1 aromatic carbocycles. The van der Waals surface area contributed by atoms with Gasteiger partial charge < -0.3 is 15.2 Å². The molecule has 1 aromatic rings. The number of benzene rings is 1. The Bertz CT molecular complexity index is 839. The number of carboxylic acids is 1. The van der Waals surface area contributed by atoms with Crippen LogP contribution in [-0.2, 0) is 19.6 Å². The molecule has 0 bridgehead atoms. The lowest BCUT2D eigenvalue weighted by Gasteiger charge is -2.34. The Kier molecular flexibility index (Phi) is 5.29. The lowest BCUT2D eigenvalue weighted by Crippen LogP contribution is -2.48. The summed E-state index contributed by atoms with van der Waals surface area (Å²) in [5.41, 5.74) is -0.689. The molecule has 2 fully saturated rings. The van der Waals surface area contributed by atoms with Crippen molar-refractivity contribution < 1.29 is 27.9 Å². The fourth-order valence-electron chi connectivity index (χ4n) is 3.24. The van der Waals surface area contributed by atoms with Gasteiger partial charge in [-0.1, -0.05) is 6.07 Å². The van der Waals surface area contributed by atoms with Gasteiger partial charge in [0.25, 0.3) is 5.91 Å². The Hall–Kier alpha value is -1.97. The number of morpholine rings is 1. The minimum absolute atomic E-state index is 0.0378. The molecule has 2 atom stereocenters. The van der Waals surface area contributed by atoms with E-state index in [0.717, 1.165) is 0 Å². The topological polar surface area (TPSA) is 113 Å². The number of hydrogen-bond donors (Lipinski definition) is 2. The number of carbonyl (C=O) groups is 2. The molecule has 1 aliphatic heterocycles. The number of hydrogen-bond acceptors (Lipinski definition) is 5. The Labute approximate surface area is 158 Å². The molecule has 27 heavy (non-hydrogen) atoms. The standard InChI is InChI=1S/C18H24N2O6S/c1-12-9-20(10-13(2)26-12)27(24,25)15-5-3-4-14(8-15)16(21)19-11-18(6-7-18)17(22)23/h3-5,8,12-13H,6-7,9-11H2,1-2H3,(H,19,21)(H,22,23). The van der Waals surface area contributed by atoms with Crippen LogP contribution in [-0.4, -0.2) is 61.5 Å². The van der Waals surface area contributed by atoms with Gasteiger partial charge in [-0.15, -0.1) is 0 Å². The summed E-state index contributed by atoms with van der Waals surface area (Å²) < 4.78 is 32.8. The molecule has 0 radical (unpaired) electrons. The molecular formula is C18H24N2O6S. The van der Waals surface area contributed by atoms with E-state index in [9.17, 15) is 23.1 Å². The minimum Gasteiger partial charge on any atom is -0.481 e. The van der Waals surface area contributed by atoms with Gasteiger partial charge in [-0.05, 0) is 44.9 Å². The predicted molar refractivity (Wildman–Crippen MR) is 96.8 cm³/mol. The summed E-state index contributed by atoms with van der Waals surface area (Å²) in [6.45, 7) is 4.18. The van der Waals surface area contributed by atoms with Gasteiger partial charge in [-0.2, -0.15) is 4.31 Å². The van der Waals surface area contributed by atoms with Crippen LogP contribution >= 0.6 is 0 Å². The van der Waals surface area contributed by atoms with Gasteiger partial charge in [0, 0.05) is 25.2 Å². The van der Waals surface area contributed by atoms with Gasteiger partial charge in [-0.3, -0.25) is 9.59 Å². The Morgan fingerprint density at radius 3 is 2.44 bits per heavy atom. The van der Waals surface area contributed by atoms with Crippen LogP contribution in [0.1, 0.15) is 37.0 Å². The summed E-state index contributed by atoms with van der Waals surface area (Å²) in [4.78, 5) is 23.6. The molecule has 2 aliphatic rings. The Morgan fingerprint density at radius 2 is 1.89 bits per heavy atom. The van der Waals surface area contributed by atoms with Crippen molar-refractivity contribution in [3.8, 4) is 0 Å². The highest BCUT2D eigenvalue weighted by atomic mass is 32.2. The molecule has 0 aromatic heterocycles. The zero-order valence-electron chi connectivity index (χ0n) is 15.3. The minimum atomic E-state index is -3.75. The molecule has 148 valence electrons. The van der Waals surface area contributed by atoms with Crippen LogP contribution in [0, 0.1) is 5.41 Å². The SMILES string of the molecule is CC1CN(S(=O)(=O)c2cccc(C(=O)NCC3(C(=O)O)CC3)c2)CC(C)O1. The molecule has 1 amide bonds. The van der Waals surface area contributed by atoms with E-state index in [1.807, 2.05) is 13.8 Å². The number of nitrogens with one attached hydrogen (secondary N) is 1. The van der Waals surface area contributed by atoms with Crippen molar-refractivity contribution in [1.29, 1.82) is 0 Å². The van der Waals surface area contributed by atoms with Crippen molar-refractivity contribution in [2.24, 2.45) is 5.41 Å². The lowest BCUT2D eigenvalue weighted by atomic mass is 10.1. The quantitative estimate of drug-likeness (QED) is 0.744. The first-order valence-electron chi connectivity index (χ1n) is 8.91. The Balaban J connectivity index is 1.74. The van der Waals surface area contributed by atoms with Gasteiger partial charge in [0.2, 0.25) is 10.0 Å². The zero-order chi connectivity index (χ0) is 19.8.